The summed E-state index contributed by atoms with van der Waals surface area (Å²) >= 11 is 6.29. The van der Waals surface area contributed by atoms with Gasteiger partial charge in [0, 0.05) is 5.56 Å². The van der Waals surface area contributed by atoms with Crippen LogP contribution in [0.25, 0.3) is 0 Å². The number of fused-ring (bicyclic) bond motifs is 3. The lowest BCUT2D eigenvalue weighted by atomic mass is 9.85. The standard InChI is InChI=1S/C22H20ClN3O3/c23-17-10-14(6-8-18(17)24)26-21(12-3-1-2-4-12)16-11-29-19-9-13(22(27)28)5-7-15(19)20(16)25-26/h3,5-10,16,21H,1-2,4,11,24H2,(H,27,28). The molecule has 0 fully saturated rings. The molecular weight excluding hydrogens is 390 g/mol. The van der Waals surface area contributed by atoms with Crippen molar-refractivity contribution in [3.05, 3.63) is 64.2 Å². The Bertz CT molecular complexity index is 1080. The summed E-state index contributed by atoms with van der Waals surface area (Å²) in [5, 5.41) is 16.8. The summed E-state index contributed by atoms with van der Waals surface area (Å²) in [6.07, 6.45) is 5.55. The molecule has 0 saturated heterocycles. The summed E-state index contributed by atoms with van der Waals surface area (Å²) in [6.45, 7) is 0.454. The van der Waals surface area contributed by atoms with Crippen molar-refractivity contribution < 1.29 is 14.6 Å². The van der Waals surface area contributed by atoms with E-state index in [4.69, 9.17) is 27.2 Å². The first-order valence-corrected chi connectivity index (χ1v) is 10.0. The van der Waals surface area contributed by atoms with Gasteiger partial charge in [-0.2, -0.15) is 5.10 Å². The SMILES string of the molecule is Nc1ccc(N2N=C3c4ccc(C(=O)O)cc4OCC3C2C2=CCCC2)cc1Cl. The summed E-state index contributed by atoms with van der Waals surface area (Å²) in [6, 6.07) is 10.6. The molecular formula is C22H20ClN3O3. The molecule has 1 aliphatic carbocycles. The molecule has 3 N–H and O–H groups in total. The summed E-state index contributed by atoms with van der Waals surface area (Å²) in [7, 11) is 0. The fraction of sp³-hybridized carbons (Fsp3) is 0.273. The molecule has 3 aliphatic rings. The predicted molar refractivity (Wildman–Crippen MR) is 113 cm³/mol. The van der Waals surface area contributed by atoms with Crippen molar-refractivity contribution in [2.24, 2.45) is 11.0 Å². The molecule has 2 aromatic rings. The second-order valence-corrected chi connectivity index (χ2v) is 7.99. The lowest BCUT2D eigenvalue weighted by Gasteiger charge is -2.31. The Morgan fingerprint density at radius 2 is 2.14 bits per heavy atom. The van der Waals surface area contributed by atoms with Crippen LogP contribution in [0.2, 0.25) is 5.02 Å². The van der Waals surface area contributed by atoms with E-state index >= 15 is 0 Å². The molecule has 0 aromatic heterocycles. The Kier molecular flexibility index (Phi) is 4.24. The molecule has 7 heteroatoms. The number of halogens is 1. The van der Waals surface area contributed by atoms with Crippen molar-refractivity contribution in [3.8, 4) is 5.75 Å². The van der Waals surface area contributed by atoms with Crippen molar-refractivity contribution >= 4 is 34.7 Å². The highest BCUT2D eigenvalue weighted by Gasteiger charge is 2.44. The first-order chi connectivity index (χ1) is 14.0. The van der Waals surface area contributed by atoms with Crippen LogP contribution in [-0.2, 0) is 0 Å². The molecule has 5 rings (SSSR count). The van der Waals surface area contributed by atoms with E-state index in [1.165, 1.54) is 5.57 Å². The molecule has 2 aromatic carbocycles. The first kappa shape index (κ1) is 18.1. The smallest absolute Gasteiger partial charge is 0.335 e. The van der Waals surface area contributed by atoms with E-state index in [0.29, 0.717) is 23.1 Å². The van der Waals surface area contributed by atoms with Crippen molar-refractivity contribution in [3.63, 3.8) is 0 Å². The third kappa shape index (κ3) is 2.95. The van der Waals surface area contributed by atoms with E-state index in [1.807, 2.05) is 17.1 Å². The largest absolute Gasteiger partial charge is 0.492 e. The van der Waals surface area contributed by atoms with Gasteiger partial charge < -0.3 is 15.6 Å². The number of carboxylic acids is 1. The summed E-state index contributed by atoms with van der Waals surface area (Å²) in [5.41, 5.74) is 10.6. The maximum Gasteiger partial charge on any atom is 0.335 e. The number of allylic oxidation sites excluding steroid dienone is 1. The molecule has 2 atom stereocenters. The lowest BCUT2D eigenvalue weighted by molar-refractivity contribution is 0.0696. The van der Waals surface area contributed by atoms with Gasteiger partial charge in [0.25, 0.3) is 0 Å². The van der Waals surface area contributed by atoms with Crippen LogP contribution in [0, 0.1) is 5.92 Å². The zero-order valence-electron chi connectivity index (χ0n) is 15.6. The number of carbonyl (C=O) groups is 1. The van der Waals surface area contributed by atoms with Crippen molar-refractivity contribution in [1.29, 1.82) is 0 Å². The Balaban J connectivity index is 1.61. The molecule has 0 radical (unpaired) electrons. The molecule has 0 bridgehead atoms. The van der Waals surface area contributed by atoms with Gasteiger partial charge in [-0.3, -0.25) is 5.01 Å². The second-order valence-electron chi connectivity index (χ2n) is 7.59. The minimum absolute atomic E-state index is 0.0551. The van der Waals surface area contributed by atoms with Gasteiger partial charge >= 0.3 is 5.97 Å². The number of nitrogens with zero attached hydrogens (tertiary/aromatic N) is 2. The van der Waals surface area contributed by atoms with Crippen LogP contribution in [0.15, 0.2) is 53.1 Å². The third-order valence-electron chi connectivity index (χ3n) is 5.84. The normalized spacial score (nSPS) is 22.4. The van der Waals surface area contributed by atoms with Crippen LogP contribution >= 0.6 is 11.6 Å². The quantitative estimate of drug-likeness (QED) is 0.581. The zero-order valence-corrected chi connectivity index (χ0v) is 16.4. The molecule has 0 saturated carbocycles. The van der Waals surface area contributed by atoms with Crippen molar-refractivity contribution in [1.82, 2.24) is 0 Å². The molecule has 2 unspecified atom stereocenters. The average Bonchev–Trinajstić information content (AvgIpc) is 3.36. The molecule has 29 heavy (non-hydrogen) atoms. The van der Waals surface area contributed by atoms with E-state index in [0.717, 1.165) is 36.2 Å². The van der Waals surface area contributed by atoms with Gasteiger partial charge in [0.1, 0.15) is 5.75 Å². The Morgan fingerprint density at radius 1 is 1.28 bits per heavy atom. The fourth-order valence-corrected chi connectivity index (χ4v) is 4.59. The average molecular weight is 410 g/mol. The van der Waals surface area contributed by atoms with Gasteiger partial charge in [-0.25, -0.2) is 4.79 Å². The number of benzene rings is 2. The monoisotopic (exact) mass is 409 g/mol. The number of aromatic carboxylic acids is 1. The minimum atomic E-state index is -0.973. The number of hydrogen-bond donors (Lipinski definition) is 2. The molecule has 2 heterocycles. The van der Waals surface area contributed by atoms with Crippen LogP contribution < -0.4 is 15.5 Å². The van der Waals surface area contributed by atoms with Crippen LogP contribution in [0.1, 0.15) is 35.2 Å². The predicted octanol–water partition coefficient (Wildman–Crippen LogP) is 4.33. The molecule has 2 aliphatic heterocycles. The van der Waals surface area contributed by atoms with E-state index in [9.17, 15) is 9.90 Å². The Hall–Kier alpha value is -2.99. The van der Waals surface area contributed by atoms with Crippen molar-refractivity contribution in [2.75, 3.05) is 17.3 Å². The van der Waals surface area contributed by atoms with Gasteiger partial charge in [0.15, 0.2) is 0 Å². The highest BCUT2D eigenvalue weighted by atomic mass is 35.5. The highest BCUT2D eigenvalue weighted by Crippen LogP contribution is 2.43. The van der Waals surface area contributed by atoms with Gasteiger partial charge in [-0.15, -0.1) is 0 Å². The summed E-state index contributed by atoms with van der Waals surface area (Å²) in [5.74, 6) is -0.339. The number of nitrogen functional groups attached to an aromatic ring is 1. The Labute approximate surface area is 173 Å². The van der Waals surface area contributed by atoms with E-state index in [1.54, 1.807) is 24.3 Å². The number of hydrazone groups is 1. The summed E-state index contributed by atoms with van der Waals surface area (Å²) < 4.78 is 6.00. The summed E-state index contributed by atoms with van der Waals surface area (Å²) in [4.78, 5) is 11.3. The number of rotatable bonds is 3. The number of hydrogen-bond acceptors (Lipinski definition) is 5. The van der Waals surface area contributed by atoms with Crippen LogP contribution in [-0.4, -0.2) is 29.4 Å². The number of anilines is 2. The van der Waals surface area contributed by atoms with Crippen LogP contribution in [0.5, 0.6) is 5.75 Å². The van der Waals surface area contributed by atoms with Gasteiger partial charge in [-0.05, 0) is 61.2 Å². The molecule has 0 amide bonds. The molecule has 6 nitrogen and oxygen atoms in total. The van der Waals surface area contributed by atoms with E-state index < -0.39 is 5.97 Å². The van der Waals surface area contributed by atoms with E-state index in [2.05, 4.69) is 6.08 Å². The van der Waals surface area contributed by atoms with Crippen LogP contribution in [0.3, 0.4) is 0 Å². The Morgan fingerprint density at radius 3 is 2.86 bits per heavy atom. The third-order valence-corrected chi connectivity index (χ3v) is 6.17. The lowest BCUT2D eigenvalue weighted by Crippen LogP contribution is -2.40. The van der Waals surface area contributed by atoms with E-state index in [-0.39, 0.29) is 17.5 Å². The van der Waals surface area contributed by atoms with Gasteiger partial charge in [0.05, 0.1) is 46.2 Å². The maximum atomic E-state index is 11.3. The highest BCUT2D eigenvalue weighted by molar-refractivity contribution is 6.33. The van der Waals surface area contributed by atoms with Crippen LogP contribution in [0.4, 0.5) is 11.4 Å². The maximum absolute atomic E-state index is 11.3. The minimum Gasteiger partial charge on any atom is -0.492 e. The number of nitrogens with two attached hydrogens (primary N) is 1. The zero-order chi connectivity index (χ0) is 20.1. The second kappa shape index (κ2) is 6.81. The van der Waals surface area contributed by atoms with Crippen molar-refractivity contribution in [2.45, 2.75) is 25.3 Å². The van der Waals surface area contributed by atoms with Gasteiger partial charge in [0.2, 0.25) is 0 Å². The van der Waals surface area contributed by atoms with Gasteiger partial charge in [-0.1, -0.05) is 17.7 Å². The fourth-order valence-electron chi connectivity index (χ4n) is 4.42. The molecule has 0 spiro atoms. The number of ether oxygens (including phenoxy) is 1. The first-order valence-electron chi connectivity index (χ1n) is 9.65. The number of carboxylic acid groups (broad SMARTS) is 1. The molecule has 148 valence electrons. The topological polar surface area (TPSA) is 88.2 Å².